The van der Waals surface area contributed by atoms with Crippen molar-refractivity contribution in [2.24, 2.45) is 5.73 Å². The molecule has 23 heavy (non-hydrogen) atoms. The molecule has 0 aromatic heterocycles. The lowest BCUT2D eigenvalue weighted by Crippen LogP contribution is -2.30. The smallest absolute Gasteiger partial charge is 0.265 e. The normalized spacial score (nSPS) is 11.6. The number of ether oxygens (including phenoxy) is 1. The average Bonchev–Trinajstić information content (AvgIpc) is 2.50. The van der Waals surface area contributed by atoms with Gasteiger partial charge in [-0.25, -0.2) is 0 Å². The summed E-state index contributed by atoms with van der Waals surface area (Å²) in [5.74, 6) is -0.525. The summed E-state index contributed by atoms with van der Waals surface area (Å²) in [4.78, 5) is 23.1. The Morgan fingerprint density at radius 1 is 1.13 bits per heavy atom. The van der Waals surface area contributed by atoms with E-state index in [4.69, 9.17) is 33.7 Å². The highest BCUT2D eigenvalue weighted by molar-refractivity contribution is 6.35. The standard InChI is InChI=1S/C16H14Cl2N2O3/c1-9(23-14-7-4-11(17)8-13(14)18)16(22)20-12-5-2-10(3-6-12)15(19)21/h2-9H,1H3,(H2,19,21)(H,20,22). The molecule has 7 heteroatoms. The first-order valence-electron chi connectivity index (χ1n) is 6.69. The molecule has 2 amide bonds. The predicted octanol–water partition coefficient (Wildman–Crippen LogP) is 3.50. The summed E-state index contributed by atoms with van der Waals surface area (Å²) in [5.41, 5.74) is 6.04. The third-order valence-corrected chi connectivity index (χ3v) is 3.53. The van der Waals surface area contributed by atoms with Gasteiger partial charge >= 0.3 is 0 Å². The Morgan fingerprint density at radius 3 is 2.35 bits per heavy atom. The molecule has 0 radical (unpaired) electrons. The van der Waals surface area contributed by atoms with Gasteiger partial charge < -0.3 is 15.8 Å². The molecule has 2 aromatic rings. The van der Waals surface area contributed by atoms with Gasteiger partial charge in [-0.2, -0.15) is 0 Å². The van der Waals surface area contributed by atoms with Gasteiger partial charge in [0.2, 0.25) is 5.91 Å². The summed E-state index contributed by atoms with van der Waals surface area (Å²) >= 11 is 11.8. The zero-order valence-corrected chi connectivity index (χ0v) is 13.7. The zero-order chi connectivity index (χ0) is 17.0. The van der Waals surface area contributed by atoms with E-state index in [1.165, 1.54) is 18.2 Å². The number of benzene rings is 2. The van der Waals surface area contributed by atoms with Crippen molar-refractivity contribution >= 4 is 40.7 Å². The van der Waals surface area contributed by atoms with E-state index in [0.717, 1.165) is 0 Å². The molecule has 0 fully saturated rings. The van der Waals surface area contributed by atoms with E-state index in [0.29, 0.717) is 27.0 Å². The number of anilines is 1. The number of halogens is 2. The van der Waals surface area contributed by atoms with Crippen LogP contribution >= 0.6 is 23.2 Å². The summed E-state index contributed by atoms with van der Waals surface area (Å²) in [5, 5.41) is 3.48. The van der Waals surface area contributed by atoms with E-state index in [9.17, 15) is 9.59 Å². The van der Waals surface area contributed by atoms with Gasteiger partial charge in [0.05, 0.1) is 5.02 Å². The first kappa shape index (κ1) is 17.1. The minimum absolute atomic E-state index is 0.322. The van der Waals surface area contributed by atoms with Gasteiger partial charge in [0.25, 0.3) is 5.91 Å². The maximum absolute atomic E-state index is 12.1. The second-order valence-corrected chi connectivity index (χ2v) is 5.61. The first-order chi connectivity index (χ1) is 10.9. The molecule has 2 aromatic carbocycles. The van der Waals surface area contributed by atoms with Crippen molar-refractivity contribution in [2.45, 2.75) is 13.0 Å². The molecule has 0 bridgehead atoms. The molecule has 0 aliphatic heterocycles. The highest BCUT2D eigenvalue weighted by atomic mass is 35.5. The lowest BCUT2D eigenvalue weighted by atomic mass is 10.2. The molecule has 1 atom stereocenters. The molecule has 0 saturated heterocycles. The van der Waals surface area contributed by atoms with Crippen LogP contribution in [-0.4, -0.2) is 17.9 Å². The summed E-state index contributed by atoms with van der Waals surface area (Å²) in [6.45, 7) is 1.60. The van der Waals surface area contributed by atoms with Crippen molar-refractivity contribution in [2.75, 3.05) is 5.32 Å². The average molecular weight is 353 g/mol. The molecule has 3 N–H and O–H groups in total. The van der Waals surface area contributed by atoms with Crippen LogP contribution in [0.5, 0.6) is 5.75 Å². The van der Waals surface area contributed by atoms with E-state index < -0.39 is 12.0 Å². The van der Waals surface area contributed by atoms with Gasteiger partial charge in [0.15, 0.2) is 6.10 Å². The van der Waals surface area contributed by atoms with Crippen LogP contribution in [0.2, 0.25) is 10.0 Å². The summed E-state index contributed by atoms with van der Waals surface area (Å²) in [6, 6.07) is 11.0. The van der Waals surface area contributed by atoms with E-state index in [1.54, 1.807) is 31.2 Å². The van der Waals surface area contributed by atoms with Gasteiger partial charge in [-0.15, -0.1) is 0 Å². The number of hydrogen-bond donors (Lipinski definition) is 2. The van der Waals surface area contributed by atoms with E-state index in [1.807, 2.05) is 0 Å². The fourth-order valence-electron chi connectivity index (χ4n) is 1.78. The number of rotatable bonds is 5. The van der Waals surface area contributed by atoms with E-state index in [2.05, 4.69) is 5.32 Å². The number of primary amides is 1. The molecular weight excluding hydrogens is 339 g/mol. The van der Waals surface area contributed by atoms with Crippen LogP contribution in [0.25, 0.3) is 0 Å². The quantitative estimate of drug-likeness (QED) is 0.863. The number of amides is 2. The number of hydrogen-bond acceptors (Lipinski definition) is 3. The molecule has 0 aliphatic carbocycles. The minimum Gasteiger partial charge on any atom is -0.479 e. The summed E-state index contributed by atoms with van der Waals surface area (Å²) < 4.78 is 5.52. The lowest BCUT2D eigenvalue weighted by Gasteiger charge is -2.16. The number of carbonyl (C=O) groups excluding carboxylic acids is 2. The van der Waals surface area contributed by atoms with Crippen LogP contribution < -0.4 is 15.8 Å². The van der Waals surface area contributed by atoms with E-state index in [-0.39, 0.29) is 5.91 Å². The molecule has 1 unspecified atom stereocenters. The molecule has 0 heterocycles. The molecule has 0 aliphatic rings. The molecule has 0 spiro atoms. The highest BCUT2D eigenvalue weighted by Gasteiger charge is 2.16. The third-order valence-electron chi connectivity index (χ3n) is 3.00. The van der Waals surface area contributed by atoms with Crippen molar-refractivity contribution in [1.82, 2.24) is 0 Å². The van der Waals surface area contributed by atoms with Crippen molar-refractivity contribution < 1.29 is 14.3 Å². The Labute approximate surface area is 143 Å². The fraction of sp³-hybridized carbons (Fsp3) is 0.125. The molecular formula is C16H14Cl2N2O3. The Bertz CT molecular complexity index is 733. The zero-order valence-electron chi connectivity index (χ0n) is 12.2. The maximum Gasteiger partial charge on any atom is 0.265 e. The van der Waals surface area contributed by atoms with Crippen molar-refractivity contribution in [3.63, 3.8) is 0 Å². The Kier molecular flexibility index (Phi) is 5.47. The van der Waals surface area contributed by atoms with Gasteiger partial charge in [-0.3, -0.25) is 9.59 Å². The summed E-state index contributed by atoms with van der Waals surface area (Å²) in [7, 11) is 0. The van der Waals surface area contributed by atoms with Crippen molar-refractivity contribution in [1.29, 1.82) is 0 Å². The monoisotopic (exact) mass is 352 g/mol. The predicted molar refractivity (Wildman–Crippen MR) is 90.1 cm³/mol. The van der Waals surface area contributed by atoms with Gasteiger partial charge in [0, 0.05) is 16.3 Å². The molecule has 5 nitrogen and oxygen atoms in total. The highest BCUT2D eigenvalue weighted by Crippen LogP contribution is 2.28. The minimum atomic E-state index is -0.774. The first-order valence-corrected chi connectivity index (χ1v) is 7.45. The summed E-state index contributed by atoms with van der Waals surface area (Å²) in [6.07, 6.45) is -0.774. The van der Waals surface area contributed by atoms with Crippen molar-refractivity contribution in [3.05, 3.63) is 58.1 Å². The largest absolute Gasteiger partial charge is 0.479 e. The van der Waals surface area contributed by atoms with Gasteiger partial charge in [-0.1, -0.05) is 23.2 Å². The Hall–Kier alpha value is -2.24. The van der Waals surface area contributed by atoms with Gasteiger partial charge in [0.1, 0.15) is 5.75 Å². The van der Waals surface area contributed by atoms with E-state index >= 15 is 0 Å². The van der Waals surface area contributed by atoms with Crippen LogP contribution in [0, 0.1) is 0 Å². The number of nitrogens with two attached hydrogens (primary N) is 1. The lowest BCUT2D eigenvalue weighted by molar-refractivity contribution is -0.122. The van der Waals surface area contributed by atoms with Crippen molar-refractivity contribution in [3.8, 4) is 5.75 Å². The van der Waals surface area contributed by atoms with Gasteiger partial charge in [-0.05, 0) is 49.4 Å². The van der Waals surface area contributed by atoms with Crippen LogP contribution in [-0.2, 0) is 4.79 Å². The van der Waals surface area contributed by atoms with Crippen LogP contribution in [0.15, 0.2) is 42.5 Å². The molecule has 2 rings (SSSR count). The molecule has 0 saturated carbocycles. The SMILES string of the molecule is CC(Oc1ccc(Cl)cc1Cl)C(=O)Nc1ccc(C(N)=O)cc1. The number of nitrogens with one attached hydrogen (secondary N) is 1. The Morgan fingerprint density at radius 2 is 1.78 bits per heavy atom. The third kappa shape index (κ3) is 4.61. The Balaban J connectivity index is 2.00. The van der Waals surface area contributed by atoms with Crippen LogP contribution in [0.1, 0.15) is 17.3 Å². The second-order valence-electron chi connectivity index (χ2n) is 4.77. The second kappa shape index (κ2) is 7.35. The maximum atomic E-state index is 12.1. The molecule has 120 valence electrons. The number of carbonyl (C=O) groups is 2. The topological polar surface area (TPSA) is 81.4 Å². The van der Waals surface area contributed by atoms with Crippen LogP contribution in [0.4, 0.5) is 5.69 Å². The fourth-order valence-corrected chi connectivity index (χ4v) is 2.23. The van der Waals surface area contributed by atoms with Crippen LogP contribution in [0.3, 0.4) is 0 Å².